The van der Waals surface area contributed by atoms with Crippen molar-refractivity contribution >= 4 is 35.8 Å². The number of hydrogen-bond acceptors (Lipinski definition) is 3. The van der Waals surface area contributed by atoms with Gasteiger partial charge >= 0.3 is 0 Å². The molecular weight excluding hydrogens is 441 g/mol. The maximum absolute atomic E-state index is 12.7. The van der Waals surface area contributed by atoms with E-state index in [0.29, 0.717) is 13.1 Å². The van der Waals surface area contributed by atoms with Crippen molar-refractivity contribution in [3.63, 3.8) is 0 Å². The summed E-state index contributed by atoms with van der Waals surface area (Å²) in [5.74, 6) is 0.958. The van der Waals surface area contributed by atoms with Gasteiger partial charge in [0.2, 0.25) is 5.91 Å². The lowest BCUT2D eigenvalue weighted by atomic mass is 9.84. The number of rotatable bonds is 6. The van der Waals surface area contributed by atoms with Gasteiger partial charge in [-0.1, -0.05) is 18.9 Å². The fourth-order valence-corrected chi connectivity index (χ4v) is 3.42. The number of hydrogen-bond donors (Lipinski definition) is 2. The van der Waals surface area contributed by atoms with Crippen LogP contribution in [0.5, 0.6) is 0 Å². The summed E-state index contributed by atoms with van der Waals surface area (Å²) >= 11 is 0. The average molecular weight is 473 g/mol. The minimum absolute atomic E-state index is 0. The van der Waals surface area contributed by atoms with Gasteiger partial charge < -0.3 is 15.5 Å². The number of aromatic nitrogens is 1. The Morgan fingerprint density at radius 3 is 2.58 bits per heavy atom. The van der Waals surface area contributed by atoms with Crippen molar-refractivity contribution < 1.29 is 4.79 Å². The summed E-state index contributed by atoms with van der Waals surface area (Å²) in [4.78, 5) is 23.4. The van der Waals surface area contributed by atoms with Crippen LogP contribution in [0.25, 0.3) is 0 Å². The number of pyridine rings is 1. The molecule has 1 heterocycles. The first-order valence-electron chi connectivity index (χ1n) is 9.13. The Morgan fingerprint density at radius 1 is 1.31 bits per heavy atom. The van der Waals surface area contributed by atoms with Crippen molar-refractivity contribution in [1.29, 1.82) is 0 Å². The van der Waals surface area contributed by atoms with Gasteiger partial charge in [0.1, 0.15) is 0 Å². The van der Waals surface area contributed by atoms with Gasteiger partial charge in [-0.25, -0.2) is 4.99 Å². The van der Waals surface area contributed by atoms with Crippen LogP contribution in [0.15, 0.2) is 23.3 Å². The molecule has 0 aromatic carbocycles. The number of amides is 1. The highest BCUT2D eigenvalue weighted by Crippen LogP contribution is 2.38. The molecule has 0 aliphatic heterocycles. The van der Waals surface area contributed by atoms with Gasteiger partial charge in [-0.15, -0.1) is 24.0 Å². The van der Waals surface area contributed by atoms with Crippen LogP contribution in [0, 0.1) is 12.3 Å². The molecule has 1 saturated carbocycles. The molecule has 1 aromatic rings. The van der Waals surface area contributed by atoms with Crippen LogP contribution in [-0.4, -0.2) is 48.9 Å². The molecule has 2 N–H and O–H groups in total. The number of carbonyl (C=O) groups excluding carboxylic acids is 1. The molecule has 1 fully saturated rings. The van der Waals surface area contributed by atoms with Gasteiger partial charge in [-0.2, -0.15) is 0 Å². The van der Waals surface area contributed by atoms with Crippen LogP contribution in [0.2, 0.25) is 0 Å². The molecule has 6 nitrogen and oxygen atoms in total. The summed E-state index contributed by atoms with van der Waals surface area (Å²) in [6.07, 6.45) is 5.90. The molecule has 0 radical (unpaired) electrons. The second-order valence-electron chi connectivity index (χ2n) is 7.00. The molecule has 1 amide bonds. The van der Waals surface area contributed by atoms with Crippen LogP contribution < -0.4 is 10.6 Å². The minimum atomic E-state index is -0.305. The van der Waals surface area contributed by atoms with Crippen molar-refractivity contribution in [1.82, 2.24) is 20.5 Å². The predicted molar refractivity (Wildman–Crippen MR) is 117 cm³/mol. The first kappa shape index (κ1) is 22.7. The number of guanidine groups is 1. The molecule has 7 heteroatoms. The zero-order valence-electron chi connectivity index (χ0n) is 16.3. The normalized spacial score (nSPS) is 15.9. The van der Waals surface area contributed by atoms with E-state index >= 15 is 0 Å². The zero-order valence-corrected chi connectivity index (χ0v) is 18.7. The second kappa shape index (κ2) is 10.7. The second-order valence-corrected chi connectivity index (χ2v) is 7.00. The third-order valence-electron chi connectivity index (χ3n) is 4.86. The molecule has 0 atom stereocenters. The first-order chi connectivity index (χ1) is 12.0. The Bertz CT molecular complexity index is 612. The van der Waals surface area contributed by atoms with Crippen LogP contribution in [0.3, 0.4) is 0 Å². The van der Waals surface area contributed by atoms with Crippen LogP contribution in [0.4, 0.5) is 0 Å². The lowest BCUT2D eigenvalue weighted by molar-refractivity contribution is -0.138. The fourth-order valence-electron chi connectivity index (χ4n) is 3.42. The molecule has 2 rings (SSSR count). The Balaban J connectivity index is 0.00000338. The van der Waals surface area contributed by atoms with Gasteiger partial charge in [0.15, 0.2) is 5.96 Å². The standard InChI is InChI=1S/C19H31N5O.HI/c1-5-20-18(22-13-16-15(2)9-8-12-21-16)23-14-19(10-6-7-11-19)17(25)24(3)4;/h8-9,12H,5-7,10-11,13-14H2,1-4H3,(H2,20,22,23);1H. The fraction of sp³-hybridized carbons (Fsp3) is 0.632. The molecule has 0 saturated heterocycles. The molecule has 0 bridgehead atoms. The van der Waals surface area contributed by atoms with Crippen molar-refractivity contribution in [2.45, 2.75) is 46.1 Å². The molecule has 0 unspecified atom stereocenters. The quantitative estimate of drug-likeness (QED) is 0.379. The van der Waals surface area contributed by atoms with Gasteiger partial charge in [-0.05, 0) is 38.3 Å². The minimum Gasteiger partial charge on any atom is -0.357 e. The molecule has 1 aliphatic carbocycles. The van der Waals surface area contributed by atoms with E-state index in [4.69, 9.17) is 0 Å². The van der Waals surface area contributed by atoms with E-state index in [1.54, 1.807) is 11.1 Å². The third-order valence-corrected chi connectivity index (χ3v) is 4.86. The summed E-state index contributed by atoms with van der Waals surface area (Å²) < 4.78 is 0. The monoisotopic (exact) mass is 473 g/mol. The van der Waals surface area contributed by atoms with Crippen LogP contribution in [0.1, 0.15) is 43.9 Å². The first-order valence-corrected chi connectivity index (χ1v) is 9.13. The zero-order chi connectivity index (χ0) is 18.3. The van der Waals surface area contributed by atoms with Crippen molar-refractivity contribution in [3.8, 4) is 0 Å². The number of aliphatic imine (C=N–C) groups is 1. The van der Waals surface area contributed by atoms with Crippen LogP contribution >= 0.6 is 24.0 Å². The lowest BCUT2D eigenvalue weighted by Crippen LogP contribution is -2.49. The number of nitrogens with zero attached hydrogens (tertiary/aromatic N) is 3. The van der Waals surface area contributed by atoms with Gasteiger partial charge in [0.25, 0.3) is 0 Å². The van der Waals surface area contributed by atoms with Crippen molar-refractivity contribution in [2.75, 3.05) is 27.2 Å². The van der Waals surface area contributed by atoms with E-state index in [9.17, 15) is 4.79 Å². The summed E-state index contributed by atoms with van der Waals surface area (Å²) in [5, 5.41) is 6.66. The van der Waals surface area contributed by atoms with E-state index in [2.05, 4.69) is 20.6 Å². The highest BCUT2D eigenvalue weighted by atomic mass is 127. The Kier molecular flexibility index (Phi) is 9.32. The van der Waals surface area contributed by atoms with Crippen molar-refractivity contribution in [2.24, 2.45) is 10.4 Å². The highest BCUT2D eigenvalue weighted by molar-refractivity contribution is 14.0. The van der Waals surface area contributed by atoms with E-state index in [1.807, 2.05) is 40.1 Å². The summed E-state index contributed by atoms with van der Waals surface area (Å²) in [6, 6.07) is 3.98. The van der Waals surface area contributed by atoms with E-state index in [-0.39, 0.29) is 35.3 Å². The van der Waals surface area contributed by atoms with E-state index in [1.165, 1.54) is 0 Å². The molecular formula is C19H32IN5O. The van der Waals surface area contributed by atoms with Crippen molar-refractivity contribution in [3.05, 3.63) is 29.6 Å². The van der Waals surface area contributed by atoms with Crippen LogP contribution in [-0.2, 0) is 11.3 Å². The largest absolute Gasteiger partial charge is 0.357 e. The smallest absolute Gasteiger partial charge is 0.230 e. The predicted octanol–water partition coefficient (Wildman–Crippen LogP) is 2.71. The lowest BCUT2D eigenvalue weighted by Gasteiger charge is -2.31. The average Bonchev–Trinajstić information content (AvgIpc) is 3.08. The maximum Gasteiger partial charge on any atom is 0.230 e. The SMILES string of the molecule is CCNC(=NCc1ncccc1C)NCC1(C(=O)N(C)C)CCCC1.I. The molecule has 146 valence electrons. The summed E-state index contributed by atoms with van der Waals surface area (Å²) in [7, 11) is 3.68. The number of nitrogens with one attached hydrogen (secondary N) is 2. The van der Waals surface area contributed by atoms with Gasteiger partial charge in [-0.3, -0.25) is 9.78 Å². The summed E-state index contributed by atoms with van der Waals surface area (Å²) in [6.45, 7) is 6.01. The van der Waals surface area contributed by atoms with E-state index in [0.717, 1.165) is 49.4 Å². The number of aryl methyl sites for hydroxylation is 1. The Morgan fingerprint density at radius 2 is 2.00 bits per heavy atom. The molecule has 26 heavy (non-hydrogen) atoms. The maximum atomic E-state index is 12.7. The van der Waals surface area contributed by atoms with Gasteiger partial charge in [0, 0.05) is 33.4 Å². The molecule has 1 aliphatic rings. The third kappa shape index (κ3) is 5.82. The van der Waals surface area contributed by atoms with E-state index < -0.39 is 0 Å². The van der Waals surface area contributed by atoms with Gasteiger partial charge in [0.05, 0.1) is 17.7 Å². The topological polar surface area (TPSA) is 69.6 Å². The number of carbonyl (C=O) groups is 1. The molecule has 0 spiro atoms. The Hall–Kier alpha value is -1.38. The highest BCUT2D eigenvalue weighted by Gasteiger charge is 2.42. The summed E-state index contributed by atoms with van der Waals surface area (Å²) in [5.41, 5.74) is 1.80. The molecule has 1 aromatic heterocycles. The Labute approximate surface area is 174 Å². The number of halogens is 1.